The highest BCUT2D eigenvalue weighted by molar-refractivity contribution is 6.77. The lowest BCUT2D eigenvalue weighted by Crippen LogP contribution is -2.14. The van der Waals surface area contributed by atoms with Crippen LogP contribution in [0.1, 0.15) is 0 Å². The molecule has 1 aliphatic heterocycles. The Morgan fingerprint density at radius 2 is 2.62 bits per heavy atom. The number of nitrogens with zero attached hydrogens (tertiary/aromatic N) is 2. The molecular weight excluding hydrogens is 107 g/mol. The predicted octanol–water partition coefficient (Wildman–Crippen LogP) is -0.192. The van der Waals surface area contributed by atoms with E-state index < -0.39 is 4.92 Å². The molecule has 0 amide bonds. The molecule has 0 atom stereocenters. The first-order valence-electron chi connectivity index (χ1n) is 2.03. The van der Waals surface area contributed by atoms with Crippen molar-refractivity contribution in [3.05, 3.63) is 22.3 Å². The van der Waals surface area contributed by atoms with Gasteiger partial charge in [0.2, 0.25) is 0 Å². The van der Waals surface area contributed by atoms with E-state index in [1.54, 1.807) is 0 Å². The maximum atomic E-state index is 9.81. The average Bonchev–Trinajstić information content (AvgIpc) is 2.12. The summed E-state index contributed by atoms with van der Waals surface area (Å²) < 4.78 is 0. The molecule has 1 heterocycles. The topological polar surface area (TPSA) is 55.5 Å². The summed E-state index contributed by atoms with van der Waals surface area (Å²) in [6, 6.07) is 0. The third kappa shape index (κ3) is 0.751. The molecule has 0 bridgehead atoms. The zero-order chi connectivity index (χ0) is 5.98. The van der Waals surface area contributed by atoms with E-state index in [-0.39, 0.29) is 5.73 Å². The van der Waals surface area contributed by atoms with E-state index in [1.165, 1.54) is 19.5 Å². The summed E-state index contributed by atoms with van der Waals surface area (Å²) in [6.45, 7) is 0. The number of hydrogen-bond acceptors (Lipinski definition) is 3. The molecule has 1 aliphatic rings. The van der Waals surface area contributed by atoms with Gasteiger partial charge in [-0.05, 0) is 4.92 Å². The Hall–Kier alpha value is -1.13. The van der Waals surface area contributed by atoms with E-state index in [1.807, 2.05) is 0 Å². The molecule has 0 unspecified atom stereocenters. The largest absolute Gasteiger partial charge is 0.359 e. The SMILES string of the molecule is O=[N+]([O-])C1=NC=C[B]1. The van der Waals surface area contributed by atoms with Gasteiger partial charge >= 0.3 is 7.28 Å². The molecule has 1 radical (unpaired) electrons. The molecule has 4 nitrogen and oxygen atoms in total. The van der Waals surface area contributed by atoms with Crippen LogP contribution in [-0.2, 0) is 0 Å². The first-order valence-corrected chi connectivity index (χ1v) is 2.03. The second-order valence-electron chi connectivity index (χ2n) is 1.25. The Morgan fingerprint density at radius 1 is 1.88 bits per heavy atom. The standard InChI is InChI=1S/C3H2BN2O2/c7-6(8)3-4-1-2-5-3/h1-2H. The van der Waals surface area contributed by atoms with E-state index in [0.29, 0.717) is 0 Å². The van der Waals surface area contributed by atoms with Crippen LogP contribution in [0.2, 0.25) is 0 Å². The lowest BCUT2D eigenvalue weighted by Gasteiger charge is -1.86. The molecule has 0 N–H and O–H groups in total. The molecule has 0 saturated carbocycles. The van der Waals surface area contributed by atoms with Crippen molar-refractivity contribution in [2.24, 2.45) is 4.99 Å². The molecule has 0 saturated heterocycles. The Labute approximate surface area is 46.3 Å². The molecule has 0 aromatic carbocycles. The minimum atomic E-state index is -0.528. The Bertz CT molecular complexity index is 174. The van der Waals surface area contributed by atoms with Gasteiger partial charge in [-0.1, -0.05) is 11.0 Å². The number of nitro groups is 1. The van der Waals surface area contributed by atoms with Crippen LogP contribution in [0, 0.1) is 10.1 Å². The predicted molar refractivity (Wildman–Crippen MR) is 29.3 cm³/mol. The smallest absolute Gasteiger partial charge is 0.312 e. The fourth-order valence-corrected chi connectivity index (χ4v) is 0.400. The summed E-state index contributed by atoms with van der Waals surface area (Å²) >= 11 is 0. The first kappa shape index (κ1) is 5.02. The first-order chi connectivity index (χ1) is 3.80. The van der Waals surface area contributed by atoms with Crippen LogP contribution in [0.25, 0.3) is 0 Å². The van der Waals surface area contributed by atoms with Crippen LogP contribution in [0.4, 0.5) is 0 Å². The average molecular weight is 109 g/mol. The molecule has 5 heteroatoms. The van der Waals surface area contributed by atoms with Crippen molar-refractivity contribution >= 4 is 13.0 Å². The monoisotopic (exact) mass is 109 g/mol. The van der Waals surface area contributed by atoms with Crippen LogP contribution < -0.4 is 0 Å². The van der Waals surface area contributed by atoms with Crippen molar-refractivity contribution in [3.63, 3.8) is 0 Å². The van der Waals surface area contributed by atoms with Crippen molar-refractivity contribution in [2.75, 3.05) is 0 Å². The minimum absolute atomic E-state index is 0.0926. The van der Waals surface area contributed by atoms with Crippen LogP contribution in [0.15, 0.2) is 17.2 Å². The maximum Gasteiger partial charge on any atom is 0.312 e. The zero-order valence-electron chi connectivity index (χ0n) is 3.94. The van der Waals surface area contributed by atoms with E-state index in [0.717, 1.165) is 0 Å². The minimum Gasteiger partial charge on any atom is -0.359 e. The molecule has 39 valence electrons. The van der Waals surface area contributed by atoms with Crippen molar-refractivity contribution in [1.82, 2.24) is 0 Å². The summed E-state index contributed by atoms with van der Waals surface area (Å²) in [5.41, 5.74) is -0.0926. The Kier molecular flexibility index (Phi) is 1.11. The van der Waals surface area contributed by atoms with Gasteiger partial charge in [-0.15, -0.1) is 0 Å². The van der Waals surface area contributed by atoms with Gasteiger partial charge in [0.15, 0.2) is 0 Å². The lowest BCUT2D eigenvalue weighted by molar-refractivity contribution is -0.344. The molecule has 0 fully saturated rings. The highest BCUT2D eigenvalue weighted by atomic mass is 16.6. The molecule has 0 aliphatic carbocycles. The van der Waals surface area contributed by atoms with Gasteiger partial charge < -0.3 is 10.1 Å². The number of amidine groups is 1. The van der Waals surface area contributed by atoms with Gasteiger partial charge in [0.25, 0.3) is 5.73 Å². The highest BCUT2D eigenvalue weighted by Crippen LogP contribution is 1.89. The summed E-state index contributed by atoms with van der Waals surface area (Å²) in [5, 5.41) is 9.81. The van der Waals surface area contributed by atoms with Crippen molar-refractivity contribution in [1.29, 1.82) is 0 Å². The Balaban J connectivity index is 2.64. The second-order valence-corrected chi connectivity index (χ2v) is 1.25. The van der Waals surface area contributed by atoms with Gasteiger partial charge in [-0.25, -0.2) is 0 Å². The lowest BCUT2D eigenvalue weighted by atomic mass is 9.79. The molecule has 0 aromatic heterocycles. The molecule has 8 heavy (non-hydrogen) atoms. The highest BCUT2D eigenvalue weighted by Gasteiger charge is 2.13. The zero-order valence-corrected chi connectivity index (χ0v) is 3.94. The molecular formula is C3H2BN2O2. The van der Waals surface area contributed by atoms with Crippen LogP contribution in [-0.4, -0.2) is 17.9 Å². The van der Waals surface area contributed by atoms with Gasteiger partial charge in [0, 0.05) is 0 Å². The number of rotatable bonds is 0. The third-order valence-corrected chi connectivity index (χ3v) is 0.725. The second kappa shape index (κ2) is 1.77. The van der Waals surface area contributed by atoms with E-state index in [9.17, 15) is 10.1 Å². The summed E-state index contributed by atoms with van der Waals surface area (Å²) in [6.07, 6.45) is 1.39. The number of hydrogen-bond donors (Lipinski definition) is 0. The quantitative estimate of drug-likeness (QED) is 0.246. The van der Waals surface area contributed by atoms with Gasteiger partial charge in [-0.3, -0.25) is 0 Å². The Morgan fingerprint density at radius 3 is 2.88 bits per heavy atom. The summed E-state index contributed by atoms with van der Waals surface area (Å²) in [5.74, 6) is 1.53. The van der Waals surface area contributed by atoms with E-state index >= 15 is 0 Å². The normalized spacial score (nSPS) is 15.2. The summed E-state index contributed by atoms with van der Waals surface area (Å²) in [4.78, 5) is 12.7. The van der Waals surface area contributed by atoms with Crippen LogP contribution >= 0.6 is 0 Å². The van der Waals surface area contributed by atoms with E-state index in [4.69, 9.17) is 0 Å². The maximum absolute atomic E-state index is 9.81. The molecule has 0 spiro atoms. The fraction of sp³-hybridized carbons (Fsp3) is 0. The van der Waals surface area contributed by atoms with Crippen LogP contribution in [0.5, 0.6) is 0 Å². The summed E-state index contributed by atoms with van der Waals surface area (Å²) in [7, 11) is 1.35. The van der Waals surface area contributed by atoms with Crippen LogP contribution in [0.3, 0.4) is 0 Å². The van der Waals surface area contributed by atoms with Gasteiger partial charge in [0.05, 0.1) is 0 Å². The van der Waals surface area contributed by atoms with E-state index in [2.05, 4.69) is 4.99 Å². The number of aliphatic imine (C=N–C) groups is 1. The molecule has 1 rings (SSSR count). The molecule has 0 aromatic rings. The third-order valence-electron chi connectivity index (χ3n) is 0.725. The van der Waals surface area contributed by atoms with Gasteiger partial charge in [0.1, 0.15) is 6.20 Å². The fourth-order valence-electron chi connectivity index (χ4n) is 0.400. The van der Waals surface area contributed by atoms with Crippen molar-refractivity contribution < 1.29 is 4.92 Å². The van der Waals surface area contributed by atoms with Gasteiger partial charge in [-0.2, -0.15) is 0 Å². The van der Waals surface area contributed by atoms with Crippen molar-refractivity contribution in [2.45, 2.75) is 0 Å². The van der Waals surface area contributed by atoms with Crippen molar-refractivity contribution in [3.8, 4) is 0 Å².